The summed E-state index contributed by atoms with van der Waals surface area (Å²) in [4.78, 5) is 11.0. The third-order valence-corrected chi connectivity index (χ3v) is 6.02. The Kier molecular flexibility index (Phi) is 5.59. The number of ether oxygens (including phenoxy) is 1. The van der Waals surface area contributed by atoms with Crippen molar-refractivity contribution in [3.63, 3.8) is 0 Å². The molecule has 2 N–H and O–H groups in total. The smallest absolute Gasteiger partial charge is 0.307 e. The minimum absolute atomic E-state index is 0.0693. The number of carboxylic acid groups (broad SMARTS) is 1. The second-order valence-corrected chi connectivity index (χ2v) is 7.67. The molecule has 1 atom stereocenters. The molecule has 2 fully saturated rings. The van der Waals surface area contributed by atoms with Gasteiger partial charge >= 0.3 is 5.97 Å². The Morgan fingerprint density at radius 3 is 2.76 bits per heavy atom. The molecular weight excluding hydrogens is 296 g/mol. The Labute approximate surface area is 125 Å². The van der Waals surface area contributed by atoms with E-state index in [1.165, 1.54) is 4.31 Å². The van der Waals surface area contributed by atoms with E-state index < -0.39 is 22.1 Å². The van der Waals surface area contributed by atoms with Crippen molar-refractivity contribution in [3.8, 4) is 0 Å². The van der Waals surface area contributed by atoms with Crippen molar-refractivity contribution in [1.29, 1.82) is 0 Å². The van der Waals surface area contributed by atoms with Crippen molar-refractivity contribution < 1.29 is 23.1 Å². The fraction of sp³-hybridized carbons (Fsp3) is 0.923. The SMILES string of the molecule is COC1CC(CCNS(=O)(=O)N2CCCC(C(=O)O)C2)C1. The molecule has 1 saturated heterocycles. The average molecular weight is 320 g/mol. The first-order chi connectivity index (χ1) is 9.92. The van der Waals surface area contributed by atoms with Crippen molar-refractivity contribution in [2.75, 3.05) is 26.7 Å². The standard InChI is InChI=1S/C13H24N2O5S/c1-20-12-7-10(8-12)4-5-14-21(18,19)15-6-2-3-11(9-15)13(16)17/h10-12,14H,2-9H2,1H3,(H,16,17). The molecular formula is C13H24N2O5S. The van der Waals surface area contributed by atoms with Gasteiger partial charge in [-0.3, -0.25) is 4.79 Å². The van der Waals surface area contributed by atoms with Gasteiger partial charge < -0.3 is 9.84 Å². The first-order valence-electron chi connectivity index (χ1n) is 7.42. The Morgan fingerprint density at radius 1 is 1.43 bits per heavy atom. The van der Waals surface area contributed by atoms with Gasteiger partial charge in [0.25, 0.3) is 10.2 Å². The quantitative estimate of drug-likeness (QED) is 0.709. The Balaban J connectivity index is 1.75. The van der Waals surface area contributed by atoms with E-state index in [-0.39, 0.29) is 6.54 Å². The molecule has 21 heavy (non-hydrogen) atoms. The van der Waals surface area contributed by atoms with Crippen molar-refractivity contribution in [2.45, 2.75) is 38.2 Å². The molecule has 2 aliphatic rings. The van der Waals surface area contributed by atoms with Crippen LogP contribution in [0.15, 0.2) is 0 Å². The van der Waals surface area contributed by atoms with Crippen LogP contribution in [0.4, 0.5) is 0 Å². The van der Waals surface area contributed by atoms with Crippen LogP contribution in [-0.2, 0) is 19.7 Å². The van der Waals surface area contributed by atoms with Crippen molar-refractivity contribution in [1.82, 2.24) is 9.03 Å². The highest BCUT2D eigenvalue weighted by Gasteiger charge is 2.33. The normalized spacial score (nSPS) is 30.8. The molecule has 8 heteroatoms. The number of methoxy groups -OCH3 is 1. The number of carboxylic acids is 1. The lowest BCUT2D eigenvalue weighted by Crippen LogP contribution is -2.48. The van der Waals surface area contributed by atoms with E-state index in [9.17, 15) is 13.2 Å². The Morgan fingerprint density at radius 2 is 2.14 bits per heavy atom. The average Bonchev–Trinajstić information content (AvgIpc) is 2.41. The number of piperidine rings is 1. The second-order valence-electron chi connectivity index (χ2n) is 5.92. The van der Waals surface area contributed by atoms with Gasteiger partial charge in [-0.15, -0.1) is 0 Å². The van der Waals surface area contributed by atoms with E-state index in [2.05, 4.69) is 4.72 Å². The zero-order valence-electron chi connectivity index (χ0n) is 12.3. The van der Waals surface area contributed by atoms with Crippen molar-refractivity contribution in [3.05, 3.63) is 0 Å². The van der Waals surface area contributed by atoms with Crippen molar-refractivity contribution >= 4 is 16.2 Å². The number of hydrogen-bond donors (Lipinski definition) is 2. The third-order valence-electron chi connectivity index (χ3n) is 4.44. The topological polar surface area (TPSA) is 95.9 Å². The van der Waals surface area contributed by atoms with Crippen LogP contribution in [0.25, 0.3) is 0 Å². The minimum atomic E-state index is -3.56. The molecule has 0 amide bonds. The summed E-state index contributed by atoms with van der Waals surface area (Å²) in [6.45, 7) is 0.867. The summed E-state index contributed by atoms with van der Waals surface area (Å²) in [5, 5.41) is 9.00. The molecule has 7 nitrogen and oxygen atoms in total. The van der Waals surface area contributed by atoms with E-state index in [0.717, 1.165) is 19.3 Å². The third kappa shape index (κ3) is 4.38. The van der Waals surface area contributed by atoms with Gasteiger partial charge in [-0.2, -0.15) is 12.7 Å². The van der Waals surface area contributed by atoms with Gasteiger partial charge in [0.1, 0.15) is 0 Å². The predicted octanol–water partition coefficient (Wildman–Crippen LogP) is 0.433. The summed E-state index contributed by atoms with van der Waals surface area (Å²) in [6, 6.07) is 0. The van der Waals surface area contributed by atoms with E-state index in [1.807, 2.05) is 0 Å². The summed E-state index contributed by atoms with van der Waals surface area (Å²) in [5.74, 6) is -0.995. The lowest BCUT2D eigenvalue weighted by molar-refractivity contribution is -0.142. The number of nitrogens with one attached hydrogen (secondary N) is 1. The van der Waals surface area contributed by atoms with E-state index in [0.29, 0.717) is 38.0 Å². The number of aliphatic carboxylic acids is 1. The molecule has 0 aromatic carbocycles. The number of rotatable bonds is 7. The van der Waals surface area contributed by atoms with Gasteiger partial charge in [-0.05, 0) is 38.0 Å². The molecule has 0 aromatic rings. The van der Waals surface area contributed by atoms with Gasteiger partial charge in [0, 0.05) is 26.7 Å². The maximum atomic E-state index is 12.2. The van der Waals surface area contributed by atoms with Gasteiger partial charge in [0.05, 0.1) is 12.0 Å². The zero-order valence-corrected chi connectivity index (χ0v) is 13.1. The summed E-state index contributed by atoms with van der Waals surface area (Å²) in [7, 11) is -1.87. The zero-order chi connectivity index (χ0) is 15.5. The maximum Gasteiger partial charge on any atom is 0.307 e. The highest BCUT2D eigenvalue weighted by Crippen LogP contribution is 2.31. The lowest BCUT2D eigenvalue weighted by Gasteiger charge is -2.34. The summed E-state index contributed by atoms with van der Waals surface area (Å²) in [5.41, 5.74) is 0. The molecule has 122 valence electrons. The lowest BCUT2D eigenvalue weighted by atomic mass is 9.80. The monoisotopic (exact) mass is 320 g/mol. The fourth-order valence-electron chi connectivity index (χ4n) is 2.95. The molecule has 1 aliphatic heterocycles. The molecule has 0 aromatic heterocycles. The van der Waals surface area contributed by atoms with E-state index in [4.69, 9.17) is 9.84 Å². The molecule has 1 unspecified atom stereocenters. The summed E-state index contributed by atoms with van der Waals surface area (Å²) < 4.78 is 33.4. The van der Waals surface area contributed by atoms with Crippen molar-refractivity contribution in [2.24, 2.45) is 11.8 Å². The van der Waals surface area contributed by atoms with Gasteiger partial charge in [-0.1, -0.05) is 0 Å². The Bertz CT molecular complexity index is 461. The van der Waals surface area contributed by atoms with Crippen LogP contribution < -0.4 is 4.72 Å². The highest BCUT2D eigenvalue weighted by molar-refractivity contribution is 7.87. The first kappa shape index (κ1) is 16.7. The van der Waals surface area contributed by atoms with Crippen LogP contribution in [0.3, 0.4) is 0 Å². The second kappa shape index (κ2) is 7.04. The molecule has 2 rings (SSSR count). The van der Waals surface area contributed by atoms with Crippen LogP contribution in [0.5, 0.6) is 0 Å². The molecule has 1 aliphatic carbocycles. The van der Waals surface area contributed by atoms with Gasteiger partial charge in [-0.25, -0.2) is 4.72 Å². The maximum absolute atomic E-state index is 12.2. The van der Waals surface area contributed by atoms with E-state index in [1.54, 1.807) is 7.11 Å². The van der Waals surface area contributed by atoms with Gasteiger partial charge in [0.15, 0.2) is 0 Å². The Hall–Kier alpha value is -0.700. The summed E-state index contributed by atoms with van der Waals surface area (Å²) >= 11 is 0. The van der Waals surface area contributed by atoms with Crippen LogP contribution in [0.1, 0.15) is 32.1 Å². The molecule has 1 heterocycles. The molecule has 1 saturated carbocycles. The summed E-state index contributed by atoms with van der Waals surface area (Å²) in [6.07, 6.45) is 4.24. The van der Waals surface area contributed by atoms with Crippen LogP contribution >= 0.6 is 0 Å². The minimum Gasteiger partial charge on any atom is -0.481 e. The number of hydrogen-bond acceptors (Lipinski definition) is 4. The number of nitrogens with zero attached hydrogens (tertiary/aromatic N) is 1. The highest BCUT2D eigenvalue weighted by atomic mass is 32.2. The fourth-order valence-corrected chi connectivity index (χ4v) is 4.25. The van der Waals surface area contributed by atoms with Gasteiger partial charge in [0.2, 0.25) is 0 Å². The largest absolute Gasteiger partial charge is 0.481 e. The molecule has 0 radical (unpaired) electrons. The first-order valence-corrected chi connectivity index (χ1v) is 8.86. The van der Waals surface area contributed by atoms with Crippen LogP contribution in [0.2, 0.25) is 0 Å². The number of carbonyl (C=O) groups is 1. The van der Waals surface area contributed by atoms with Crippen LogP contribution in [-0.4, -0.2) is 56.6 Å². The molecule has 0 bridgehead atoms. The van der Waals surface area contributed by atoms with E-state index >= 15 is 0 Å². The molecule has 0 spiro atoms. The predicted molar refractivity (Wildman–Crippen MR) is 77.0 cm³/mol. The van der Waals surface area contributed by atoms with Crippen LogP contribution in [0, 0.1) is 11.8 Å².